The summed E-state index contributed by atoms with van der Waals surface area (Å²) >= 11 is 16.5. The standard InChI is InChI=1S/C30H30Cl2N2O5S2/c1-3-17-40-27-11-7-5-9-23(27)25-19-21(13-15-29(25,31)33(35)36)39-22-14-16-30(32,34(37)38)26(20-22)24-10-6-8-12-28(24)41-18-4-2/h5-16,19-22H,3-4,17-18H2,1-2H3. The van der Waals surface area contributed by atoms with Gasteiger partial charge < -0.3 is 4.74 Å². The number of ether oxygens (including phenoxy) is 1. The lowest BCUT2D eigenvalue weighted by molar-refractivity contribution is -0.511. The Kier molecular flexibility index (Phi) is 10.4. The summed E-state index contributed by atoms with van der Waals surface area (Å²) in [4.78, 5) is 21.1. The fraction of sp³-hybridized carbons (Fsp3) is 0.333. The van der Waals surface area contributed by atoms with Gasteiger partial charge in [-0.15, -0.1) is 23.5 Å². The van der Waals surface area contributed by atoms with Gasteiger partial charge in [0.15, 0.2) is 0 Å². The lowest BCUT2D eigenvalue weighted by Crippen LogP contribution is -2.37. The van der Waals surface area contributed by atoms with Crippen LogP contribution in [-0.2, 0) is 4.74 Å². The summed E-state index contributed by atoms with van der Waals surface area (Å²) < 4.78 is 6.32. The van der Waals surface area contributed by atoms with Crippen molar-refractivity contribution in [1.82, 2.24) is 0 Å². The number of thioether (sulfide) groups is 2. The van der Waals surface area contributed by atoms with Crippen molar-refractivity contribution in [2.24, 2.45) is 0 Å². The molecule has 2 aromatic rings. The third-order valence-electron chi connectivity index (χ3n) is 6.55. The van der Waals surface area contributed by atoms with E-state index in [0.717, 1.165) is 34.1 Å². The number of nitrogens with zero attached hydrogens (tertiary/aromatic N) is 2. The van der Waals surface area contributed by atoms with Crippen molar-refractivity contribution in [3.8, 4) is 0 Å². The van der Waals surface area contributed by atoms with Crippen molar-refractivity contribution in [3.63, 3.8) is 0 Å². The normalized spacial score (nSPS) is 25.5. The highest BCUT2D eigenvalue weighted by molar-refractivity contribution is 7.99. The molecule has 4 atom stereocenters. The van der Waals surface area contributed by atoms with Crippen LogP contribution in [0.2, 0.25) is 0 Å². The third kappa shape index (κ3) is 6.75. The van der Waals surface area contributed by atoms with Gasteiger partial charge >= 0.3 is 10.00 Å². The molecule has 4 rings (SSSR count). The lowest BCUT2D eigenvalue weighted by Gasteiger charge is -2.29. The minimum atomic E-state index is -1.96. The monoisotopic (exact) mass is 632 g/mol. The Balaban J connectivity index is 1.72. The number of benzene rings is 2. The molecule has 2 aliphatic carbocycles. The predicted octanol–water partition coefficient (Wildman–Crippen LogP) is 8.47. The first-order chi connectivity index (χ1) is 19.6. The van der Waals surface area contributed by atoms with Gasteiger partial charge in [-0.1, -0.05) is 50.2 Å². The molecule has 0 N–H and O–H groups in total. The summed E-state index contributed by atoms with van der Waals surface area (Å²) in [5.41, 5.74) is 1.97. The van der Waals surface area contributed by atoms with E-state index in [9.17, 15) is 20.2 Å². The maximum absolute atomic E-state index is 12.2. The summed E-state index contributed by atoms with van der Waals surface area (Å²) in [5, 5.41) is 24.3. The average Bonchev–Trinajstić information content (AvgIpc) is 2.97. The average molecular weight is 634 g/mol. The fourth-order valence-corrected chi connectivity index (χ4v) is 6.92. The van der Waals surface area contributed by atoms with Crippen LogP contribution in [0.1, 0.15) is 37.8 Å². The summed E-state index contributed by atoms with van der Waals surface area (Å²) in [5.74, 6) is 1.70. The van der Waals surface area contributed by atoms with Gasteiger partial charge in [-0.25, -0.2) is 0 Å². The lowest BCUT2D eigenvalue weighted by atomic mass is 9.91. The summed E-state index contributed by atoms with van der Waals surface area (Å²) in [6, 6.07) is 14.9. The molecule has 0 bridgehead atoms. The maximum Gasteiger partial charge on any atom is 0.339 e. The van der Waals surface area contributed by atoms with Gasteiger partial charge in [-0.05, 0) is 95.1 Å². The molecule has 0 fully saturated rings. The van der Waals surface area contributed by atoms with Gasteiger partial charge in [0.2, 0.25) is 0 Å². The largest absolute Gasteiger partial charge is 0.359 e. The van der Waals surface area contributed by atoms with Gasteiger partial charge in [0.05, 0.1) is 33.2 Å². The number of hydrogen-bond donors (Lipinski definition) is 0. The van der Waals surface area contributed by atoms with E-state index in [0.29, 0.717) is 22.3 Å². The molecule has 216 valence electrons. The highest BCUT2D eigenvalue weighted by Gasteiger charge is 2.48. The number of alkyl halides is 2. The Bertz CT molecular complexity index is 1320. The molecular formula is C30H30Cl2N2O5S2. The highest BCUT2D eigenvalue weighted by atomic mass is 35.5. The van der Waals surface area contributed by atoms with Crippen LogP contribution in [0.4, 0.5) is 0 Å². The van der Waals surface area contributed by atoms with Crippen LogP contribution >= 0.6 is 46.7 Å². The molecule has 0 saturated heterocycles. The molecule has 0 spiro atoms. The molecule has 2 aliphatic rings. The van der Waals surface area contributed by atoms with E-state index in [-0.39, 0.29) is 0 Å². The van der Waals surface area contributed by atoms with Crippen LogP contribution in [0, 0.1) is 20.2 Å². The van der Waals surface area contributed by atoms with E-state index < -0.39 is 32.1 Å². The minimum absolute atomic E-state index is 0.318. The molecule has 2 aromatic carbocycles. The smallest absolute Gasteiger partial charge is 0.339 e. The Morgan fingerprint density at radius 2 is 1.15 bits per heavy atom. The van der Waals surface area contributed by atoms with E-state index in [1.54, 1.807) is 47.8 Å². The molecule has 0 aromatic heterocycles. The number of hydrogen-bond acceptors (Lipinski definition) is 7. The van der Waals surface area contributed by atoms with Crippen molar-refractivity contribution in [3.05, 3.63) is 116 Å². The van der Waals surface area contributed by atoms with Crippen LogP contribution in [0.25, 0.3) is 11.1 Å². The van der Waals surface area contributed by atoms with Crippen LogP contribution in [0.3, 0.4) is 0 Å². The van der Waals surface area contributed by atoms with Gasteiger partial charge in [0.25, 0.3) is 0 Å². The summed E-state index contributed by atoms with van der Waals surface area (Å²) in [6.07, 6.45) is 9.60. The summed E-state index contributed by atoms with van der Waals surface area (Å²) in [6.45, 7) is 4.14. The molecule has 0 saturated carbocycles. The molecule has 7 nitrogen and oxygen atoms in total. The second kappa shape index (κ2) is 13.6. The zero-order valence-corrected chi connectivity index (χ0v) is 25.7. The van der Waals surface area contributed by atoms with E-state index in [2.05, 4.69) is 13.8 Å². The Hall–Kier alpha value is -2.56. The molecule has 11 heteroatoms. The molecule has 0 aliphatic heterocycles. The molecule has 0 amide bonds. The van der Waals surface area contributed by atoms with Gasteiger partial charge in [0, 0.05) is 21.9 Å². The Morgan fingerprint density at radius 3 is 1.51 bits per heavy atom. The first-order valence-electron chi connectivity index (χ1n) is 13.2. The quantitative estimate of drug-likeness (QED) is 0.0578. The number of rotatable bonds is 12. The zero-order chi connectivity index (χ0) is 29.6. The van der Waals surface area contributed by atoms with E-state index in [4.69, 9.17) is 27.9 Å². The van der Waals surface area contributed by atoms with Crippen molar-refractivity contribution >= 4 is 57.9 Å². The predicted molar refractivity (Wildman–Crippen MR) is 169 cm³/mol. The van der Waals surface area contributed by atoms with Crippen molar-refractivity contribution in [1.29, 1.82) is 0 Å². The number of halogens is 2. The van der Waals surface area contributed by atoms with Gasteiger partial charge in [-0.2, -0.15) is 0 Å². The third-order valence-corrected chi connectivity index (χ3v) is 10.0. The van der Waals surface area contributed by atoms with Gasteiger partial charge in [-0.3, -0.25) is 20.2 Å². The highest BCUT2D eigenvalue weighted by Crippen LogP contribution is 2.44. The first kappa shape index (κ1) is 31.4. The Morgan fingerprint density at radius 1 is 0.756 bits per heavy atom. The van der Waals surface area contributed by atoms with Crippen molar-refractivity contribution < 1.29 is 14.6 Å². The SMILES string of the molecule is CCCSc1ccccc1C1=CC(OC2C=CC(Cl)([N+](=O)[O-])C(c3ccccc3SCCC)=C2)C=CC1(Cl)[N+](=O)[O-]. The minimum Gasteiger partial charge on any atom is -0.359 e. The van der Waals surface area contributed by atoms with Crippen LogP contribution in [0.15, 0.2) is 94.8 Å². The summed E-state index contributed by atoms with van der Waals surface area (Å²) in [7, 11) is 0. The molecule has 0 heterocycles. The van der Waals surface area contributed by atoms with Crippen LogP contribution in [0.5, 0.6) is 0 Å². The second-order valence-corrected chi connectivity index (χ2v) is 12.9. The molecular weight excluding hydrogens is 603 g/mol. The van der Waals surface area contributed by atoms with Crippen molar-refractivity contribution in [2.75, 3.05) is 11.5 Å². The van der Waals surface area contributed by atoms with E-state index >= 15 is 0 Å². The molecule has 0 radical (unpaired) electrons. The number of nitro groups is 2. The van der Waals surface area contributed by atoms with Crippen LogP contribution in [-0.4, -0.2) is 43.6 Å². The van der Waals surface area contributed by atoms with Gasteiger partial charge in [0.1, 0.15) is 0 Å². The van der Waals surface area contributed by atoms with Crippen LogP contribution < -0.4 is 0 Å². The molecule has 4 unspecified atom stereocenters. The zero-order valence-electron chi connectivity index (χ0n) is 22.6. The maximum atomic E-state index is 12.2. The molecule has 41 heavy (non-hydrogen) atoms. The Labute approximate surface area is 258 Å². The fourth-order valence-electron chi connectivity index (χ4n) is 4.58. The van der Waals surface area contributed by atoms with E-state index in [1.807, 2.05) is 48.5 Å². The van der Waals surface area contributed by atoms with Crippen molar-refractivity contribution in [2.45, 2.75) is 58.7 Å². The second-order valence-electron chi connectivity index (χ2n) is 9.49. The van der Waals surface area contributed by atoms with E-state index in [1.165, 1.54) is 12.2 Å². The first-order valence-corrected chi connectivity index (χ1v) is 16.0. The topological polar surface area (TPSA) is 95.5 Å².